The van der Waals surface area contributed by atoms with Gasteiger partial charge >= 0.3 is 47.8 Å². The van der Waals surface area contributed by atoms with Crippen LogP contribution in [0.4, 0.5) is 0 Å². The fourth-order valence-corrected chi connectivity index (χ4v) is 28.9. The Kier molecular flexibility index (Phi) is 18.2. The number of rotatable bonds is 3. The third-order valence-electron chi connectivity index (χ3n) is 34.1. The van der Waals surface area contributed by atoms with Gasteiger partial charge in [0.05, 0.1) is 123 Å². The van der Waals surface area contributed by atoms with Crippen LogP contribution in [0, 0.1) is 235 Å². The number of fused-ring (bicyclic) bond motifs is 28. The molecule has 43 atom stereocenters. The van der Waals surface area contributed by atoms with Gasteiger partial charge in [0.1, 0.15) is 36.4 Å². The summed E-state index contributed by atoms with van der Waals surface area (Å²) in [7, 11) is 1.76. The highest BCUT2D eigenvalue weighted by atomic mass is 16.6. The molecule has 22 nitrogen and oxygen atoms in total. The lowest BCUT2D eigenvalue weighted by atomic mass is 9.67. The third kappa shape index (κ3) is 10.7. The molecule has 0 aromatic carbocycles. The van der Waals surface area contributed by atoms with Gasteiger partial charge < -0.3 is 56.8 Å². The van der Waals surface area contributed by atoms with Crippen molar-refractivity contribution in [1.29, 1.82) is 10.5 Å². The van der Waals surface area contributed by atoms with Crippen molar-refractivity contribution in [3.63, 3.8) is 0 Å². The largest absolute Gasteiger partial charge is 0.465 e. The molecule has 22 heteroatoms. The molecule has 43 unspecified atom stereocenters. The molecule has 0 amide bonds. The number of nitrogens with zero attached hydrogens (tertiary/aromatic N) is 2. The summed E-state index contributed by atoms with van der Waals surface area (Å²) >= 11 is 0. The van der Waals surface area contributed by atoms with E-state index in [4.69, 9.17) is 67.4 Å². The Hall–Kier alpha value is -5.42. The van der Waals surface area contributed by atoms with E-state index in [1.807, 2.05) is 20.8 Å². The molecule has 24 fully saturated rings. The van der Waals surface area contributed by atoms with Crippen LogP contribution in [0.15, 0.2) is 0 Å². The van der Waals surface area contributed by atoms with Crippen molar-refractivity contribution in [2.75, 3.05) is 46.8 Å². The average molecular weight is 1460 g/mol. The normalized spacial score (nSPS) is 54.6. The number of cyclic esters (lactones) is 5. The lowest BCUT2D eigenvalue weighted by molar-refractivity contribution is -0.146. The highest BCUT2D eigenvalue weighted by Gasteiger charge is 2.73. The average Bonchev–Trinajstić information content (AvgIpc) is 1.53. The molecule has 24 aliphatic rings. The van der Waals surface area contributed by atoms with E-state index in [0.717, 1.165) is 74.1 Å². The van der Waals surface area contributed by atoms with Crippen LogP contribution >= 0.6 is 0 Å². The van der Waals surface area contributed by atoms with Gasteiger partial charge in [-0.3, -0.25) is 38.4 Å². The number of esters is 8. The quantitative estimate of drug-likeness (QED) is 0.188. The van der Waals surface area contributed by atoms with Crippen LogP contribution in [0.25, 0.3) is 0 Å². The molecule has 0 radical (unpaired) electrons. The van der Waals surface area contributed by atoms with Gasteiger partial charge in [-0.2, -0.15) is 10.5 Å². The van der Waals surface area contributed by atoms with Gasteiger partial charge in [0, 0.05) is 60.1 Å². The number of hydrogen-bond acceptors (Lipinski definition) is 22. The number of carbonyl (C=O) groups excluding carboxylic acids is 8. The summed E-state index contributed by atoms with van der Waals surface area (Å²) in [6.45, 7) is 30.4. The van der Waals surface area contributed by atoms with Gasteiger partial charge in [0.2, 0.25) is 0 Å². The Balaban J connectivity index is 0.0000000886. The van der Waals surface area contributed by atoms with E-state index in [-0.39, 0.29) is 155 Å². The first-order valence-corrected chi connectivity index (χ1v) is 40.8. The van der Waals surface area contributed by atoms with Gasteiger partial charge in [-0.25, -0.2) is 0 Å². The first kappa shape index (κ1) is 72.4. The Labute approximate surface area is 617 Å². The minimum atomic E-state index is -0.331. The third-order valence-corrected chi connectivity index (χ3v) is 34.1. The first-order chi connectivity index (χ1) is 50.1. The number of nitriles is 2. The Bertz CT molecular complexity index is 3600. The molecule has 574 valence electrons. The molecule has 16 bridgehead atoms. The van der Waals surface area contributed by atoms with Crippen molar-refractivity contribution in [3.8, 4) is 12.1 Å². The van der Waals surface area contributed by atoms with Crippen LogP contribution in [0.1, 0.15) is 141 Å². The summed E-state index contributed by atoms with van der Waals surface area (Å²) in [5, 5.41) is 18.0. The zero-order valence-electron chi connectivity index (χ0n) is 63.5. The van der Waals surface area contributed by atoms with Gasteiger partial charge in [0.25, 0.3) is 0 Å². The summed E-state index contributed by atoms with van der Waals surface area (Å²) in [5.41, 5.74) is -0.180. The van der Waals surface area contributed by atoms with Crippen LogP contribution in [0.5, 0.6) is 0 Å². The number of ether oxygens (including phenoxy) is 12. The van der Waals surface area contributed by atoms with E-state index in [1.54, 1.807) is 7.11 Å². The monoisotopic (exact) mass is 1460 g/mol. The fraction of sp³-hybridized carbons (Fsp3) is 0.880. The van der Waals surface area contributed by atoms with Crippen LogP contribution in [-0.4, -0.2) is 149 Å². The Morgan fingerprint density at radius 1 is 0.371 bits per heavy atom. The molecule has 12 saturated carbocycles. The number of methoxy groups -OCH3 is 1. The van der Waals surface area contributed by atoms with E-state index >= 15 is 0 Å². The molecule has 12 saturated heterocycles. The summed E-state index contributed by atoms with van der Waals surface area (Å²) in [4.78, 5) is 91.5. The van der Waals surface area contributed by atoms with E-state index < -0.39 is 0 Å². The molecule has 0 spiro atoms. The zero-order chi connectivity index (χ0) is 74.0. The van der Waals surface area contributed by atoms with E-state index in [2.05, 4.69) is 74.5 Å². The van der Waals surface area contributed by atoms with E-state index in [1.165, 1.54) is 44.9 Å². The van der Waals surface area contributed by atoms with Crippen molar-refractivity contribution in [3.05, 3.63) is 0 Å². The molecule has 105 heavy (non-hydrogen) atoms. The molecular formula is C83H112N2O20. The second-order valence-corrected chi connectivity index (χ2v) is 38.6. The molecule has 0 N–H and O–H groups in total. The minimum Gasteiger partial charge on any atom is -0.465 e. The molecular weight excluding hydrogens is 1340 g/mol. The highest BCUT2D eigenvalue weighted by Crippen LogP contribution is 2.65. The van der Waals surface area contributed by atoms with Crippen molar-refractivity contribution >= 4 is 47.8 Å². The fourth-order valence-electron chi connectivity index (χ4n) is 28.9. The SMILES string of the molecule is CC1(C)C2CC3C(=O)OC1C3O2.CC1(C)C2OC3C(C(=O)OC31)C2C#N.CC1C(C)C2CC1C1COC(=O)C21.CC1C2CC3C1OC(=O)C3C2C#N.CC1CC2CC1C1C(=O)OCC21.CC1CC2CC1C1COC(=O)C21.CCOC1C(C)C2CC1C1C(=O)OCC21.COC1C(C)C2CC1C1C(=O)OCC21. The first-order valence-electron chi connectivity index (χ1n) is 40.8. The summed E-state index contributed by atoms with van der Waals surface area (Å²) < 4.78 is 64.2. The minimum absolute atomic E-state index is 0.0220. The predicted octanol–water partition coefficient (Wildman–Crippen LogP) is 9.30. The zero-order valence-corrected chi connectivity index (χ0v) is 63.5. The van der Waals surface area contributed by atoms with Crippen molar-refractivity contribution < 1.29 is 95.2 Å². The van der Waals surface area contributed by atoms with Crippen LogP contribution in [-0.2, 0) is 95.2 Å². The standard InChI is InChI=1S/C12H18O3.C11H16O3.C11H16O2.C10H11NO3.C10H11NO2.2C10H14O2.C9H12O3/c1-3-14-11-6(2)7-4-8(11)10-9(7)5-15-12(10)13;1-5-6-3-7(10(5)13-2)9-8(6)4-14-11(9)12;1-5-6(2)8-3-7(5)9-4-13-11(12)10(8)9;1-10(2)7-4(3-11)5-6(13-7)8(10)14-9(5)12;1-4-5-2-6-8(7(5)3-11)10(12)13-9(4)6;1-5-2-6-3-7(5)8-4-12-10(11)9(6)8;1-5-2-6-3-7(5)9-8(6)4-12-10(9)11;1-9(2)5-3-4-6(11-5)7(9)12-8(4)10/h6-11H,3-5H2,1-2H3;5-10H,3-4H2,1-2H3;5-10H,3-4H2,1-2H3;4-8H,1-2H3;4-9H,2H2,1H3;2*5-9H,2-4H2,1H3;4-7H,3H2,1-2H3. The van der Waals surface area contributed by atoms with Crippen molar-refractivity contribution in [1.82, 2.24) is 0 Å². The van der Waals surface area contributed by atoms with Crippen LogP contribution in [0.2, 0.25) is 0 Å². The lowest BCUT2D eigenvalue weighted by Crippen LogP contribution is -2.43. The molecule has 0 aromatic heterocycles. The van der Waals surface area contributed by atoms with Crippen LogP contribution < -0.4 is 0 Å². The summed E-state index contributed by atoms with van der Waals surface area (Å²) in [5.74, 6) is 15.1. The Morgan fingerprint density at radius 2 is 0.838 bits per heavy atom. The molecule has 12 heterocycles. The van der Waals surface area contributed by atoms with Crippen molar-refractivity contribution in [2.24, 2.45) is 212 Å². The van der Waals surface area contributed by atoms with E-state index in [9.17, 15) is 38.4 Å². The van der Waals surface area contributed by atoms with Crippen molar-refractivity contribution in [2.45, 2.75) is 196 Å². The Morgan fingerprint density at radius 3 is 1.42 bits per heavy atom. The smallest absolute Gasteiger partial charge is 0.313 e. The maximum absolute atomic E-state index is 11.6. The second-order valence-electron chi connectivity index (χ2n) is 38.6. The molecule has 0 aromatic rings. The van der Waals surface area contributed by atoms with E-state index in [0.29, 0.717) is 138 Å². The maximum Gasteiger partial charge on any atom is 0.313 e. The van der Waals surface area contributed by atoms with Gasteiger partial charge in [0.15, 0.2) is 0 Å². The maximum atomic E-state index is 11.6. The lowest BCUT2D eigenvalue weighted by Gasteiger charge is -2.33. The molecule has 24 rings (SSSR count). The molecule has 12 aliphatic heterocycles. The van der Waals surface area contributed by atoms with Gasteiger partial charge in [-0.05, 0) is 171 Å². The number of hydrogen-bond donors (Lipinski definition) is 0. The summed E-state index contributed by atoms with van der Waals surface area (Å²) in [6, 6.07) is 4.47. The van der Waals surface area contributed by atoms with Gasteiger partial charge in [-0.1, -0.05) is 76.2 Å². The predicted molar refractivity (Wildman–Crippen MR) is 367 cm³/mol. The topological polar surface area (TPSA) is 295 Å². The second kappa shape index (κ2) is 26.4. The highest BCUT2D eigenvalue weighted by molar-refractivity contribution is 5.81. The summed E-state index contributed by atoms with van der Waals surface area (Å²) in [6.07, 6.45) is 11.3. The number of carbonyl (C=O) groups is 8. The van der Waals surface area contributed by atoms with Crippen LogP contribution in [0.3, 0.4) is 0 Å². The van der Waals surface area contributed by atoms with Gasteiger partial charge in [-0.15, -0.1) is 0 Å². The molecule has 12 aliphatic carbocycles.